The second-order valence-electron chi connectivity index (χ2n) is 13.3. The number of allylic oxidation sites excluding steroid dienone is 4. The zero-order valence-electron chi connectivity index (χ0n) is 25.1. The van der Waals surface area contributed by atoms with Crippen LogP contribution in [0.25, 0.3) is 0 Å². The van der Waals surface area contributed by atoms with E-state index < -0.39 is 41.5 Å². The van der Waals surface area contributed by atoms with Crippen molar-refractivity contribution in [3.8, 4) is 11.8 Å². The molecular weight excluding hydrogens is 574 g/mol. The van der Waals surface area contributed by atoms with Gasteiger partial charge in [-0.15, -0.1) is 0 Å². The van der Waals surface area contributed by atoms with E-state index in [1.165, 1.54) is 12.0 Å². The summed E-state index contributed by atoms with van der Waals surface area (Å²) in [5, 5.41) is 0. The second-order valence-corrected chi connectivity index (χ2v) is 13.3. The quantitative estimate of drug-likeness (QED) is 0.208. The standard InChI is InChI=1S/C35H37F4NO4/c1-21(41)44-20-31(43)34(13-14-35(37,38)39)12-11-29-27-18-30(36)26-17-24(42)9-10-25(26)32(27)28(19-33(29,34)2)22-5-7-23(8-6-22)40-15-3-4-16-40/h5-8,17,27-30H,3-4,9-12,15-16,18-20H2,1-2H3/t27-,28+,29-,30?,33-,34-/m0/s1. The summed E-state index contributed by atoms with van der Waals surface area (Å²) in [6.07, 6.45) is -0.921. The molecule has 0 aromatic heterocycles. The molecular formula is C35H37F4NO4. The van der Waals surface area contributed by atoms with Gasteiger partial charge in [-0.25, -0.2) is 4.39 Å². The highest BCUT2D eigenvalue weighted by atomic mass is 19.4. The average molecular weight is 612 g/mol. The number of Topliss-reactive ketones (excluding diaryl/α,β-unsaturated/α-hetero) is 1. The smallest absolute Gasteiger partial charge is 0.457 e. The Balaban J connectivity index is 1.50. The molecule has 3 fully saturated rings. The highest BCUT2D eigenvalue weighted by Crippen LogP contribution is 2.70. The van der Waals surface area contributed by atoms with Crippen molar-refractivity contribution in [2.75, 3.05) is 24.6 Å². The largest absolute Gasteiger partial charge is 0.458 e. The van der Waals surface area contributed by atoms with Gasteiger partial charge >= 0.3 is 12.1 Å². The number of ketones is 2. The number of hydrogen-bond donors (Lipinski definition) is 0. The van der Waals surface area contributed by atoms with Crippen molar-refractivity contribution < 1.29 is 36.7 Å². The van der Waals surface area contributed by atoms with Crippen LogP contribution in [0.2, 0.25) is 0 Å². The van der Waals surface area contributed by atoms with E-state index in [4.69, 9.17) is 4.74 Å². The molecule has 234 valence electrons. The molecule has 44 heavy (non-hydrogen) atoms. The zero-order valence-corrected chi connectivity index (χ0v) is 25.1. The number of halogens is 4. The Labute approximate surface area is 255 Å². The molecule has 5 nitrogen and oxygen atoms in total. The van der Waals surface area contributed by atoms with Gasteiger partial charge in [-0.05, 0) is 97.1 Å². The van der Waals surface area contributed by atoms with Gasteiger partial charge in [0.1, 0.15) is 6.17 Å². The monoisotopic (exact) mass is 611 g/mol. The Bertz CT molecular complexity index is 1490. The first-order valence-electron chi connectivity index (χ1n) is 15.6. The number of carbonyl (C=O) groups excluding carboxylic acids is 3. The normalized spacial score (nSPS) is 33.1. The van der Waals surface area contributed by atoms with Gasteiger partial charge in [0.2, 0.25) is 0 Å². The highest BCUT2D eigenvalue weighted by Gasteiger charge is 2.66. The number of fused-ring (bicyclic) bond motifs is 4. The van der Waals surface area contributed by atoms with Crippen molar-refractivity contribution in [2.24, 2.45) is 22.7 Å². The summed E-state index contributed by atoms with van der Waals surface area (Å²) in [7, 11) is 0. The van der Waals surface area contributed by atoms with E-state index in [-0.39, 0.29) is 42.8 Å². The van der Waals surface area contributed by atoms with Crippen LogP contribution in [0.4, 0.5) is 23.2 Å². The summed E-state index contributed by atoms with van der Waals surface area (Å²) in [6, 6.07) is 8.22. The number of esters is 1. The van der Waals surface area contributed by atoms with E-state index in [0.717, 1.165) is 55.3 Å². The maximum absolute atomic E-state index is 15.9. The number of carbonyl (C=O) groups is 3. The van der Waals surface area contributed by atoms with Crippen molar-refractivity contribution in [1.82, 2.24) is 0 Å². The zero-order chi connectivity index (χ0) is 31.4. The van der Waals surface area contributed by atoms with Crippen LogP contribution in [0.1, 0.15) is 76.7 Å². The lowest BCUT2D eigenvalue weighted by atomic mass is 9.48. The van der Waals surface area contributed by atoms with Gasteiger partial charge in [0, 0.05) is 44.0 Å². The maximum Gasteiger partial charge on any atom is 0.457 e. The number of hydrogen-bond acceptors (Lipinski definition) is 5. The van der Waals surface area contributed by atoms with Crippen LogP contribution in [-0.4, -0.2) is 49.6 Å². The first-order chi connectivity index (χ1) is 20.8. The minimum atomic E-state index is -4.82. The van der Waals surface area contributed by atoms with Crippen LogP contribution >= 0.6 is 0 Å². The number of benzene rings is 1. The van der Waals surface area contributed by atoms with Gasteiger partial charge in [0.15, 0.2) is 18.2 Å². The SMILES string of the molecule is CC(=O)OCC(=O)[C@@]1(C#CC(F)(F)F)CC[C@H]2[C@@H]3CC(F)C4=CC(=O)CCC4=C3[C@@H](c3ccc(N4CCCC4)cc3)C[C@@]21C. The lowest BCUT2D eigenvalue weighted by Crippen LogP contribution is -2.52. The van der Waals surface area contributed by atoms with Crippen LogP contribution in [-0.2, 0) is 19.1 Å². The van der Waals surface area contributed by atoms with Crippen molar-refractivity contribution in [1.29, 1.82) is 0 Å². The molecule has 1 heterocycles. The number of alkyl halides is 4. The number of nitrogens with zero attached hydrogens (tertiary/aromatic N) is 1. The predicted octanol–water partition coefficient (Wildman–Crippen LogP) is 6.82. The fourth-order valence-corrected chi connectivity index (χ4v) is 9.05. The first kappa shape index (κ1) is 30.6. The third-order valence-electron chi connectivity index (χ3n) is 11.0. The van der Waals surface area contributed by atoms with Crippen LogP contribution in [0, 0.1) is 34.5 Å². The molecule has 1 aromatic carbocycles. The van der Waals surface area contributed by atoms with E-state index >= 15 is 4.39 Å². The lowest BCUT2D eigenvalue weighted by Gasteiger charge is -2.55. The van der Waals surface area contributed by atoms with Crippen molar-refractivity contribution >= 4 is 23.2 Å². The minimum Gasteiger partial charge on any atom is -0.458 e. The third kappa shape index (κ3) is 5.18. The van der Waals surface area contributed by atoms with Crippen LogP contribution in [0.5, 0.6) is 0 Å². The molecule has 0 spiro atoms. The van der Waals surface area contributed by atoms with Crippen LogP contribution in [0.15, 0.2) is 47.1 Å². The highest BCUT2D eigenvalue weighted by molar-refractivity contribution is 5.94. The Hall–Kier alpha value is -3.41. The molecule has 0 radical (unpaired) electrons. The van der Waals surface area contributed by atoms with Gasteiger partial charge in [-0.2, -0.15) is 13.2 Å². The molecule has 6 rings (SSSR count). The van der Waals surface area contributed by atoms with Gasteiger partial charge in [0.05, 0.1) is 5.41 Å². The fraction of sp³-hybridized carbons (Fsp3) is 0.571. The average Bonchev–Trinajstić information content (AvgIpc) is 3.61. The molecule has 1 aliphatic heterocycles. The number of ether oxygens (including phenoxy) is 1. The molecule has 0 amide bonds. The summed E-state index contributed by atoms with van der Waals surface area (Å²) in [5.74, 6) is 1.40. The summed E-state index contributed by atoms with van der Waals surface area (Å²) in [6.45, 7) is 4.26. The van der Waals surface area contributed by atoms with Crippen LogP contribution < -0.4 is 4.90 Å². The molecule has 2 saturated carbocycles. The Morgan fingerprint density at radius 3 is 2.48 bits per heavy atom. The summed E-state index contributed by atoms with van der Waals surface area (Å²) in [5.41, 5.74) is 1.61. The van der Waals surface area contributed by atoms with Crippen molar-refractivity contribution in [3.05, 3.63) is 52.6 Å². The van der Waals surface area contributed by atoms with Crippen LogP contribution in [0.3, 0.4) is 0 Å². The predicted molar refractivity (Wildman–Crippen MR) is 156 cm³/mol. The Morgan fingerprint density at radius 1 is 1.11 bits per heavy atom. The van der Waals surface area contributed by atoms with E-state index in [1.54, 1.807) is 0 Å². The molecule has 5 aliphatic rings. The molecule has 0 N–H and O–H groups in total. The molecule has 4 aliphatic carbocycles. The third-order valence-corrected chi connectivity index (χ3v) is 11.0. The molecule has 9 heteroatoms. The Morgan fingerprint density at radius 2 is 1.82 bits per heavy atom. The number of rotatable bonds is 5. The van der Waals surface area contributed by atoms with E-state index in [9.17, 15) is 27.6 Å². The lowest BCUT2D eigenvalue weighted by molar-refractivity contribution is -0.150. The molecule has 1 aromatic rings. The van der Waals surface area contributed by atoms with Gasteiger partial charge in [-0.3, -0.25) is 14.4 Å². The van der Waals surface area contributed by atoms with Gasteiger partial charge in [-0.1, -0.05) is 30.6 Å². The van der Waals surface area contributed by atoms with Gasteiger partial charge < -0.3 is 9.64 Å². The van der Waals surface area contributed by atoms with E-state index in [0.29, 0.717) is 24.8 Å². The minimum absolute atomic E-state index is 0.0647. The second kappa shape index (κ2) is 11.2. The van der Waals surface area contributed by atoms with Gasteiger partial charge in [0.25, 0.3) is 0 Å². The molecule has 6 atom stereocenters. The number of anilines is 1. The first-order valence-corrected chi connectivity index (χ1v) is 15.6. The summed E-state index contributed by atoms with van der Waals surface area (Å²) >= 11 is 0. The Kier molecular flexibility index (Phi) is 7.78. The van der Waals surface area contributed by atoms with E-state index in [2.05, 4.69) is 23.0 Å². The maximum atomic E-state index is 15.9. The van der Waals surface area contributed by atoms with E-state index in [1.807, 2.05) is 19.1 Å². The molecule has 1 saturated heterocycles. The summed E-state index contributed by atoms with van der Waals surface area (Å²) < 4.78 is 61.7. The topological polar surface area (TPSA) is 63.7 Å². The molecule has 1 unspecified atom stereocenters. The molecule has 0 bridgehead atoms. The summed E-state index contributed by atoms with van der Waals surface area (Å²) in [4.78, 5) is 40.2. The van der Waals surface area contributed by atoms with Crippen molar-refractivity contribution in [2.45, 2.75) is 83.5 Å². The fourth-order valence-electron chi connectivity index (χ4n) is 9.05. The van der Waals surface area contributed by atoms with Crippen molar-refractivity contribution in [3.63, 3.8) is 0 Å².